The fourth-order valence-corrected chi connectivity index (χ4v) is 2.61. The Kier molecular flexibility index (Phi) is 6.53. The topological polar surface area (TPSA) is 12.0 Å². The van der Waals surface area contributed by atoms with Crippen molar-refractivity contribution in [1.29, 1.82) is 0 Å². The predicted molar refractivity (Wildman–Crippen MR) is 76.7 cm³/mol. The van der Waals surface area contributed by atoms with Gasteiger partial charge in [-0.1, -0.05) is 45.7 Å². The molecule has 0 amide bonds. The third kappa shape index (κ3) is 4.82. The highest BCUT2D eigenvalue weighted by Gasteiger charge is 2.30. The van der Waals surface area contributed by atoms with Gasteiger partial charge in [0.2, 0.25) is 0 Å². The van der Waals surface area contributed by atoms with Crippen LogP contribution >= 0.6 is 0 Å². The third-order valence-electron chi connectivity index (χ3n) is 3.82. The molecule has 114 valence electrons. The summed E-state index contributed by atoms with van der Waals surface area (Å²) in [5.74, 6) is 0.553. The average Bonchev–Trinajstić information content (AvgIpc) is 2.40. The molecule has 1 nitrogen and oxygen atoms in total. The molecule has 0 aromatic heterocycles. The van der Waals surface area contributed by atoms with E-state index in [0.29, 0.717) is 12.0 Å². The summed E-state index contributed by atoms with van der Waals surface area (Å²) in [4.78, 5) is 0. The SMILES string of the molecule is CCNC(Cc1ccc(C(F)(F)F)cc1)C(CC)CC. The largest absolute Gasteiger partial charge is 0.416 e. The highest BCUT2D eigenvalue weighted by Crippen LogP contribution is 2.29. The zero-order valence-electron chi connectivity index (χ0n) is 12.4. The second-order valence-corrected chi connectivity index (χ2v) is 5.14. The quantitative estimate of drug-likeness (QED) is 0.769. The first-order chi connectivity index (χ1) is 9.42. The summed E-state index contributed by atoms with van der Waals surface area (Å²) in [5.41, 5.74) is 0.375. The predicted octanol–water partition coefficient (Wildman–Crippen LogP) is 4.66. The summed E-state index contributed by atoms with van der Waals surface area (Å²) in [6.07, 6.45) is -1.32. The van der Waals surface area contributed by atoms with Crippen molar-refractivity contribution >= 4 is 0 Å². The lowest BCUT2D eigenvalue weighted by Gasteiger charge is -2.26. The van der Waals surface area contributed by atoms with E-state index < -0.39 is 11.7 Å². The fraction of sp³-hybridized carbons (Fsp3) is 0.625. The molecule has 1 unspecified atom stereocenters. The van der Waals surface area contributed by atoms with E-state index in [9.17, 15) is 13.2 Å². The van der Waals surface area contributed by atoms with Gasteiger partial charge in [-0.2, -0.15) is 13.2 Å². The van der Waals surface area contributed by atoms with Gasteiger partial charge >= 0.3 is 6.18 Å². The Labute approximate surface area is 119 Å². The molecule has 0 radical (unpaired) electrons. The average molecular weight is 287 g/mol. The molecule has 0 aliphatic heterocycles. The summed E-state index contributed by atoms with van der Waals surface area (Å²) in [5, 5.41) is 3.46. The molecular weight excluding hydrogens is 263 g/mol. The number of nitrogens with one attached hydrogen (secondary N) is 1. The molecule has 0 saturated heterocycles. The first-order valence-corrected chi connectivity index (χ1v) is 7.31. The van der Waals surface area contributed by atoms with Crippen LogP contribution in [0.25, 0.3) is 0 Å². The zero-order valence-corrected chi connectivity index (χ0v) is 12.4. The van der Waals surface area contributed by atoms with Gasteiger partial charge in [0.1, 0.15) is 0 Å². The molecule has 0 spiro atoms. The first kappa shape index (κ1) is 17.0. The van der Waals surface area contributed by atoms with Crippen LogP contribution in [0.1, 0.15) is 44.7 Å². The molecule has 0 aliphatic carbocycles. The van der Waals surface area contributed by atoms with E-state index in [1.54, 1.807) is 12.1 Å². The Morgan fingerprint density at radius 1 is 1.00 bits per heavy atom. The van der Waals surface area contributed by atoms with Crippen molar-refractivity contribution < 1.29 is 13.2 Å². The van der Waals surface area contributed by atoms with Crippen LogP contribution in [0.3, 0.4) is 0 Å². The van der Waals surface area contributed by atoms with Crippen LogP contribution in [0.4, 0.5) is 13.2 Å². The third-order valence-corrected chi connectivity index (χ3v) is 3.82. The van der Waals surface area contributed by atoms with Gasteiger partial charge in [0, 0.05) is 6.04 Å². The standard InChI is InChI=1S/C16H24F3N/c1-4-13(5-2)15(20-6-3)11-12-7-9-14(10-8-12)16(17,18)19/h7-10,13,15,20H,4-6,11H2,1-3H3. The van der Waals surface area contributed by atoms with Crippen molar-refractivity contribution in [2.24, 2.45) is 5.92 Å². The molecule has 1 N–H and O–H groups in total. The molecule has 1 aromatic rings. The van der Waals surface area contributed by atoms with Gasteiger partial charge in [0.25, 0.3) is 0 Å². The number of benzene rings is 1. The summed E-state index contributed by atoms with van der Waals surface area (Å²) >= 11 is 0. The van der Waals surface area contributed by atoms with Gasteiger partial charge in [0.15, 0.2) is 0 Å². The van der Waals surface area contributed by atoms with Crippen LogP contribution in [-0.4, -0.2) is 12.6 Å². The van der Waals surface area contributed by atoms with Crippen LogP contribution in [0.2, 0.25) is 0 Å². The number of rotatable bonds is 7. The molecule has 1 atom stereocenters. The van der Waals surface area contributed by atoms with Gasteiger partial charge < -0.3 is 5.32 Å². The van der Waals surface area contributed by atoms with Crippen molar-refractivity contribution in [3.63, 3.8) is 0 Å². The molecule has 0 saturated carbocycles. The van der Waals surface area contributed by atoms with E-state index in [-0.39, 0.29) is 0 Å². The maximum atomic E-state index is 12.5. The summed E-state index contributed by atoms with van der Waals surface area (Å²) in [6.45, 7) is 7.25. The van der Waals surface area contributed by atoms with E-state index in [4.69, 9.17) is 0 Å². The minimum absolute atomic E-state index is 0.326. The highest BCUT2D eigenvalue weighted by molar-refractivity contribution is 5.25. The normalized spacial score (nSPS) is 13.8. The number of likely N-dealkylation sites (N-methyl/N-ethyl adjacent to an activating group) is 1. The molecule has 0 heterocycles. The Balaban J connectivity index is 2.78. The van der Waals surface area contributed by atoms with E-state index >= 15 is 0 Å². The number of hydrogen-bond donors (Lipinski definition) is 1. The minimum Gasteiger partial charge on any atom is -0.314 e. The Morgan fingerprint density at radius 2 is 1.55 bits per heavy atom. The van der Waals surface area contributed by atoms with Gasteiger partial charge in [-0.15, -0.1) is 0 Å². The second-order valence-electron chi connectivity index (χ2n) is 5.14. The molecule has 1 rings (SSSR count). The lowest BCUT2D eigenvalue weighted by atomic mass is 9.89. The molecule has 0 bridgehead atoms. The molecule has 0 fully saturated rings. The number of hydrogen-bond acceptors (Lipinski definition) is 1. The van der Waals surface area contributed by atoms with E-state index in [1.165, 1.54) is 12.1 Å². The Hall–Kier alpha value is -1.03. The minimum atomic E-state index is -4.25. The van der Waals surface area contributed by atoms with E-state index in [1.807, 2.05) is 0 Å². The maximum absolute atomic E-state index is 12.5. The van der Waals surface area contributed by atoms with Crippen LogP contribution in [0.5, 0.6) is 0 Å². The van der Waals surface area contributed by atoms with Crippen molar-refractivity contribution in [3.8, 4) is 0 Å². The maximum Gasteiger partial charge on any atom is 0.416 e. The number of alkyl halides is 3. The Morgan fingerprint density at radius 3 is 1.95 bits per heavy atom. The van der Waals surface area contributed by atoms with E-state index in [2.05, 4.69) is 26.1 Å². The molecule has 20 heavy (non-hydrogen) atoms. The van der Waals surface area contributed by atoms with Gasteiger partial charge in [0.05, 0.1) is 5.56 Å². The van der Waals surface area contributed by atoms with Gasteiger partial charge in [-0.25, -0.2) is 0 Å². The summed E-state index contributed by atoms with van der Waals surface area (Å²) in [6, 6.07) is 5.86. The van der Waals surface area contributed by atoms with Crippen LogP contribution in [0, 0.1) is 5.92 Å². The van der Waals surface area contributed by atoms with Crippen LogP contribution in [-0.2, 0) is 12.6 Å². The smallest absolute Gasteiger partial charge is 0.314 e. The van der Waals surface area contributed by atoms with Crippen molar-refractivity contribution in [2.45, 2.75) is 52.3 Å². The summed E-state index contributed by atoms with van der Waals surface area (Å²) in [7, 11) is 0. The van der Waals surface area contributed by atoms with E-state index in [0.717, 1.165) is 31.4 Å². The molecule has 4 heteroatoms. The highest BCUT2D eigenvalue weighted by atomic mass is 19.4. The lowest BCUT2D eigenvalue weighted by molar-refractivity contribution is -0.137. The monoisotopic (exact) mass is 287 g/mol. The van der Waals surface area contributed by atoms with Crippen molar-refractivity contribution in [2.75, 3.05) is 6.54 Å². The number of halogens is 3. The van der Waals surface area contributed by atoms with Crippen molar-refractivity contribution in [1.82, 2.24) is 5.32 Å². The molecule has 1 aromatic carbocycles. The Bertz CT molecular complexity index is 380. The first-order valence-electron chi connectivity index (χ1n) is 7.31. The molecule has 0 aliphatic rings. The van der Waals surface area contributed by atoms with Gasteiger partial charge in [-0.3, -0.25) is 0 Å². The second kappa shape index (κ2) is 7.67. The van der Waals surface area contributed by atoms with Crippen LogP contribution < -0.4 is 5.32 Å². The summed E-state index contributed by atoms with van der Waals surface area (Å²) < 4.78 is 37.6. The van der Waals surface area contributed by atoms with Crippen molar-refractivity contribution in [3.05, 3.63) is 35.4 Å². The molecular formula is C16H24F3N. The van der Waals surface area contributed by atoms with Crippen LogP contribution in [0.15, 0.2) is 24.3 Å². The fourth-order valence-electron chi connectivity index (χ4n) is 2.61. The lowest BCUT2D eigenvalue weighted by Crippen LogP contribution is -2.37. The zero-order chi connectivity index (χ0) is 15.2. The van der Waals surface area contributed by atoms with Gasteiger partial charge in [-0.05, 0) is 36.6 Å².